The minimum Gasteiger partial charge on any atom is -0.338 e. The molecule has 0 aliphatic heterocycles. The molecule has 140 valence electrons. The smallest absolute Gasteiger partial charge is 0.229 e. The topological polar surface area (TPSA) is 62.7 Å². The van der Waals surface area contributed by atoms with E-state index in [9.17, 15) is 13.2 Å². The monoisotopic (exact) mass is 381 g/mol. The molecule has 2 N–H and O–H groups in total. The number of fused-ring (bicyclic) bond motifs is 1. The number of nitrogens with one attached hydrogen (secondary N) is 2. The van der Waals surface area contributed by atoms with E-state index in [1.807, 2.05) is 30.3 Å². The first-order valence-electron chi connectivity index (χ1n) is 8.38. The molecule has 2 heterocycles. The first kappa shape index (κ1) is 17.7. The van der Waals surface area contributed by atoms with Gasteiger partial charge in [0.2, 0.25) is 5.95 Å². The molecule has 28 heavy (non-hydrogen) atoms. The molecule has 0 atom stereocenters. The summed E-state index contributed by atoms with van der Waals surface area (Å²) in [5.41, 5.74) is 1.84. The molecule has 2 aromatic carbocycles. The Kier molecular flexibility index (Phi) is 4.52. The van der Waals surface area contributed by atoms with Crippen molar-refractivity contribution in [2.45, 2.75) is 6.92 Å². The van der Waals surface area contributed by atoms with Crippen LogP contribution in [0, 0.1) is 24.4 Å². The highest BCUT2D eigenvalue weighted by Gasteiger charge is 2.15. The first-order valence-corrected chi connectivity index (χ1v) is 8.38. The minimum atomic E-state index is -1.56. The molecule has 5 nitrogen and oxygen atoms in total. The van der Waals surface area contributed by atoms with Gasteiger partial charge in [0.25, 0.3) is 0 Å². The van der Waals surface area contributed by atoms with Gasteiger partial charge in [-0.25, -0.2) is 18.2 Å². The summed E-state index contributed by atoms with van der Waals surface area (Å²) in [6, 6.07) is 13.1. The maximum absolute atomic E-state index is 13.9. The number of pyridine rings is 1. The van der Waals surface area contributed by atoms with Crippen molar-refractivity contribution in [3.05, 3.63) is 77.9 Å². The third-order valence-electron chi connectivity index (χ3n) is 4.03. The molecule has 0 fully saturated rings. The van der Waals surface area contributed by atoms with E-state index in [-0.39, 0.29) is 11.6 Å². The van der Waals surface area contributed by atoms with Crippen molar-refractivity contribution in [1.29, 1.82) is 0 Å². The number of aryl methyl sites for hydroxylation is 1. The van der Waals surface area contributed by atoms with Gasteiger partial charge < -0.3 is 10.6 Å². The van der Waals surface area contributed by atoms with E-state index in [0.29, 0.717) is 11.5 Å². The third kappa shape index (κ3) is 3.44. The fraction of sp³-hybridized carbons (Fsp3) is 0.0500. The van der Waals surface area contributed by atoms with Gasteiger partial charge in [-0.15, -0.1) is 0 Å². The zero-order valence-electron chi connectivity index (χ0n) is 14.7. The van der Waals surface area contributed by atoms with Crippen molar-refractivity contribution in [1.82, 2.24) is 15.0 Å². The zero-order valence-corrected chi connectivity index (χ0v) is 14.7. The Balaban J connectivity index is 1.67. The van der Waals surface area contributed by atoms with Crippen LogP contribution in [0.5, 0.6) is 0 Å². The van der Waals surface area contributed by atoms with Crippen LogP contribution in [0.1, 0.15) is 5.69 Å². The van der Waals surface area contributed by atoms with Crippen LogP contribution in [0.15, 0.2) is 54.7 Å². The van der Waals surface area contributed by atoms with E-state index < -0.39 is 17.5 Å². The van der Waals surface area contributed by atoms with Crippen LogP contribution in [0.2, 0.25) is 0 Å². The Morgan fingerprint density at radius 2 is 1.64 bits per heavy atom. The van der Waals surface area contributed by atoms with Crippen molar-refractivity contribution < 1.29 is 13.2 Å². The lowest BCUT2D eigenvalue weighted by atomic mass is 10.2. The maximum Gasteiger partial charge on any atom is 0.229 e. The number of benzene rings is 2. The molecule has 0 radical (unpaired) electrons. The van der Waals surface area contributed by atoms with Crippen LogP contribution in [-0.4, -0.2) is 15.0 Å². The van der Waals surface area contributed by atoms with E-state index >= 15 is 0 Å². The van der Waals surface area contributed by atoms with Gasteiger partial charge >= 0.3 is 0 Å². The predicted octanol–water partition coefficient (Wildman–Crippen LogP) is 5.24. The second kappa shape index (κ2) is 7.15. The highest BCUT2D eigenvalue weighted by Crippen LogP contribution is 2.26. The Morgan fingerprint density at radius 3 is 2.50 bits per heavy atom. The average Bonchev–Trinajstić information content (AvgIpc) is 2.68. The van der Waals surface area contributed by atoms with Crippen molar-refractivity contribution >= 4 is 34.0 Å². The molecule has 0 aliphatic rings. The zero-order chi connectivity index (χ0) is 19.7. The molecule has 0 unspecified atom stereocenters. The summed E-state index contributed by atoms with van der Waals surface area (Å²) in [4.78, 5) is 12.8. The van der Waals surface area contributed by atoms with Crippen molar-refractivity contribution in [2.24, 2.45) is 0 Å². The van der Waals surface area contributed by atoms with Crippen LogP contribution in [0.3, 0.4) is 0 Å². The fourth-order valence-corrected chi connectivity index (χ4v) is 2.77. The van der Waals surface area contributed by atoms with Gasteiger partial charge in [0.1, 0.15) is 5.82 Å². The maximum atomic E-state index is 13.9. The molecular weight excluding hydrogens is 367 g/mol. The average molecular weight is 381 g/mol. The quantitative estimate of drug-likeness (QED) is 0.474. The SMILES string of the molecule is Cc1cc(Nc2cccc3cccnc23)nc(Nc2ccc(F)c(F)c2F)n1. The number of anilines is 4. The molecule has 4 aromatic rings. The summed E-state index contributed by atoms with van der Waals surface area (Å²) in [6.45, 7) is 1.74. The standard InChI is InChI=1S/C20H14F3N5/c1-11-10-16(26-15-6-2-4-12-5-3-9-24-19(12)15)28-20(25-11)27-14-8-7-13(21)17(22)18(14)23/h2-10H,1H3,(H2,25,26,27,28). The van der Waals surface area contributed by atoms with Crippen molar-refractivity contribution in [2.75, 3.05) is 10.6 Å². The minimum absolute atomic E-state index is 0.0422. The molecule has 0 bridgehead atoms. The Bertz CT molecular complexity index is 1170. The number of nitrogens with zero attached hydrogens (tertiary/aromatic N) is 3. The number of rotatable bonds is 4. The summed E-state index contributed by atoms with van der Waals surface area (Å²) < 4.78 is 40.5. The van der Waals surface area contributed by atoms with Gasteiger partial charge in [-0.2, -0.15) is 4.98 Å². The van der Waals surface area contributed by atoms with Gasteiger partial charge in [-0.3, -0.25) is 4.98 Å². The van der Waals surface area contributed by atoms with E-state index in [0.717, 1.165) is 28.7 Å². The van der Waals surface area contributed by atoms with Crippen LogP contribution < -0.4 is 10.6 Å². The lowest BCUT2D eigenvalue weighted by molar-refractivity contribution is 0.449. The highest BCUT2D eigenvalue weighted by atomic mass is 19.2. The summed E-state index contributed by atoms with van der Waals surface area (Å²) in [5, 5.41) is 6.71. The second-order valence-corrected chi connectivity index (χ2v) is 6.07. The van der Waals surface area contributed by atoms with Gasteiger partial charge in [-0.05, 0) is 31.2 Å². The summed E-state index contributed by atoms with van der Waals surface area (Å²) in [7, 11) is 0. The molecule has 0 saturated heterocycles. The van der Waals surface area contributed by atoms with Crippen LogP contribution >= 0.6 is 0 Å². The van der Waals surface area contributed by atoms with E-state index in [2.05, 4.69) is 25.6 Å². The van der Waals surface area contributed by atoms with Crippen LogP contribution in [0.4, 0.5) is 36.3 Å². The van der Waals surface area contributed by atoms with E-state index in [1.165, 1.54) is 0 Å². The molecule has 0 aliphatic carbocycles. The lowest BCUT2D eigenvalue weighted by Crippen LogP contribution is -2.05. The third-order valence-corrected chi connectivity index (χ3v) is 4.03. The normalized spacial score (nSPS) is 10.9. The van der Waals surface area contributed by atoms with Gasteiger partial charge in [0, 0.05) is 23.3 Å². The number of hydrogen-bond acceptors (Lipinski definition) is 5. The van der Waals surface area contributed by atoms with Crippen molar-refractivity contribution in [3.8, 4) is 0 Å². The predicted molar refractivity (Wildman–Crippen MR) is 101 cm³/mol. The van der Waals surface area contributed by atoms with E-state index in [4.69, 9.17) is 0 Å². The number of halogens is 3. The second-order valence-electron chi connectivity index (χ2n) is 6.07. The molecule has 0 saturated carbocycles. The van der Waals surface area contributed by atoms with Crippen LogP contribution in [0.25, 0.3) is 10.9 Å². The largest absolute Gasteiger partial charge is 0.338 e. The van der Waals surface area contributed by atoms with E-state index in [1.54, 1.807) is 19.2 Å². The van der Waals surface area contributed by atoms with Gasteiger partial charge in [-0.1, -0.05) is 18.2 Å². The summed E-state index contributed by atoms with van der Waals surface area (Å²) in [5.74, 6) is -3.67. The molecular formula is C20H14F3N5. The highest BCUT2D eigenvalue weighted by molar-refractivity contribution is 5.91. The lowest BCUT2D eigenvalue weighted by Gasteiger charge is -2.12. The molecule has 0 amide bonds. The number of hydrogen-bond donors (Lipinski definition) is 2. The Morgan fingerprint density at radius 1 is 0.821 bits per heavy atom. The molecule has 2 aromatic heterocycles. The fourth-order valence-electron chi connectivity index (χ4n) is 2.77. The van der Waals surface area contributed by atoms with Gasteiger partial charge in [0.15, 0.2) is 17.5 Å². The number of aromatic nitrogens is 3. The summed E-state index contributed by atoms with van der Waals surface area (Å²) >= 11 is 0. The molecule has 4 rings (SSSR count). The van der Waals surface area contributed by atoms with Crippen molar-refractivity contribution in [3.63, 3.8) is 0 Å². The Hall–Kier alpha value is -3.68. The Labute approximate surface area is 158 Å². The van der Waals surface area contributed by atoms with Crippen LogP contribution in [-0.2, 0) is 0 Å². The molecule has 8 heteroatoms. The summed E-state index contributed by atoms with van der Waals surface area (Å²) in [6.07, 6.45) is 1.69. The van der Waals surface area contributed by atoms with Gasteiger partial charge in [0.05, 0.1) is 16.9 Å². The molecule has 0 spiro atoms. The first-order chi connectivity index (χ1) is 13.5. The number of para-hydroxylation sites is 1.